The molecule has 2 fully saturated rings. The summed E-state index contributed by atoms with van der Waals surface area (Å²) in [5, 5.41) is 20.7. The molecule has 0 unspecified atom stereocenters. The number of aromatic nitrogens is 2. The maximum atomic E-state index is 13.3. The first-order chi connectivity index (χ1) is 32.7. The fraction of sp³-hybridized carbons (Fsp3) is 0.320. The van der Waals surface area contributed by atoms with E-state index in [0.717, 1.165) is 50.4 Å². The molecule has 4 amide bonds. The zero-order valence-electron chi connectivity index (χ0n) is 36.5. The summed E-state index contributed by atoms with van der Waals surface area (Å²) in [5.74, 6) is -0.522. The van der Waals surface area contributed by atoms with Crippen LogP contribution in [0.2, 0.25) is 0 Å². The number of carbonyl (C=O) groups excluding carboxylic acids is 4. The number of rotatable bonds is 18. The molecule has 14 nitrogen and oxygen atoms in total. The second-order valence-electron chi connectivity index (χ2n) is 15.5. The molecule has 67 heavy (non-hydrogen) atoms. The summed E-state index contributed by atoms with van der Waals surface area (Å²) < 4.78 is 26.1. The number of nitrogens with zero attached hydrogens (tertiary/aromatic N) is 4. The van der Waals surface area contributed by atoms with Crippen LogP contribution in [0.5, 0.6) is 11.5 Å². The molecule has 352 valence electrons. The van der Waals surface area contributed by atoms with Crippen molar-refractivity contribution in [3.8, 4) is 11.5 Å². The maximum Gasteiger partial charge on any atom is 0.416 e. The van der Waals surface area contributed by atoms with Gasteiger partial charge in [-0.05, 0) is 72.2 Å². The summed E-state index contributed by atoms with van der Waals surface area (Å²) in [5.41, 5.74) is 4.96. The Balaban J connectivity index is 0.000000202. The molecule has 4 aromatic carbocycles. The van der Waals surface area contributed by atoms with E-state index in [4.69, 9.17) is 23.3 Å². The summed E-state index contributed by atoms with van der Waals surface area (Å²) in [4.78, 5) is 53.6. The quantitative estimate of drug-likeness (QED) is 0.0638. The fourth-order valence-corrected chi connectivity index (χ4v) is 9.08. The number of hydrogen-bond donors (Lipinski definition) is 1. The Morgan fingerprint density at radius 2 is 1.04 bits per heavy atom. The largest absolute Gasteiger partial charge is 0.508 e. The Kier molecular flexibility index (Phi) is 20.0. The number of phenols is 1. The number of halogens is 3. The van der Waals surface area contributed by atoms with Crippen LogP contribution >= 0.6 is 47.8 Å². The minimum Gasteiger partial charge on any atom is -0.508 e. The number of cyclic esters (lactones) is 2. The molecule has 6 aromatic rings. The van der Waals surface area contributed by atoms with Crippen LogP contribution in [0.25, 0.3) is 0 Å². The second-order valence-corrected chi connectivity index (χ2v) is 17.9. The van der Waals surface area contributed by atoms with Crippen LogP contribution in [0.4, 0.5) is 9.59 Å². The third-order valence-electron chi connectivity index (χ3n) is 10.9. The lowest BCUT2D eigenvalue weighted by Crippen LogP contribution is -2.40. The third kappa shape index (κ3) is 14.9. The summed E-state index contributed by atoms with van der Waals surface area (Å²) in [6, 6.07) is 36.3. The minimum atomic E-state index is -0.624. The Morgan fingerprint density at radius 3 is 1.43 bits per heavy atom. The van der Waals surface area contributed by atoms with Crippen molar-refractivity contribution in [3.05, 3.63) is 167 Å². The molecular formula is C50H51Br3N4O10. The first-order valence-corrected chi connectivity index (χ1v) is 25.1. The highest BCUT2D eigenvalue weighted by Crippen LogP contribution is 2.32. The van der Waals surface area contributed by atoms with Crippen LogP contribution in [-0.4, -0.2) is 97.1 Å². The molecule has 8 rings (SSSR count). The van der Waals surface area contributed by atoms with Crippen molar-refractivity contribution in [3.63, 3.8) is 0 Å². The van der Waals surface area contributed by atoms with Gasteiger partial charge >= 0.3 is 12.2 Å². The molecule has 0 saturated carbocycles. The number of hydrogen-bond acceptors (Lipinski definition) is 12. The van der Waals surface area contributed by atoms with Crippen LogP contribution in [0.15, 0.2) is 143 Å². The number of carbonyl (C=O) groups is 4. The Bertz CT molecular complexity index is 2410. The zero-order valence-corrected chi connectivity index (χ0v) is 41.3. The van der Waals surface area contributed by atoms with Gasteiger partial charge in [0.2, 0.25) is 11.8 Å². The molecule has 17 heteroatoms. The van der Waals surface area contributed by atoms with Crippen LogP contribution in [0.1, 0.15) is 71.2 Å². The first kappa shape index (κ1) is 50.6. The fourth-order valence-electron chi connectivity index (χ4n) is 7.54. The number of alkyl halides is 3. The number of ether oxygens (including phenoxy) is 3. The molecule has 4 heterocycles. The number of imide groups is 2. The van der Waals surface area contributed by atoms with Crippen LogP contribution in [-0.2, 0) is 31.9 Å². The van der Waals surface area contributed by atoms with Crippen LogP contribution in [0, 0.1) is 0 Å². The average molecular weight is 1110 g/mol. The molecule has 2 aliphatic heterocycles. The lowest BCUT2D eigenvalue weighted by atomic mass is 9.91. The molecule has 2 aliphatic rings. The summed E-state index contributed by atoms with van der Waals surface area (Å²) in [6.45, 7) is 0.984. The Labute approximate surface area is 414 Å². The maximum absolute atomic E-state index is 13.3. The van der Waals surface area contributed by atoms with E-state index in [1.165, 1.54) is 28.7 Å². The van der Waals surface area contributed by atoms with Gasteiger partial charge in [-0.3, -0.25) is 9.59 Å². The van der Waals surface area contributed by atoms with E-state index in [0.29, 0.717) is 30.8 Å². The minimum absolute atomic E-state index is 0.0255. The van der Waals surface area contributed by atoms with Gasteiger partial charge in [0.15, 0.2) is 0 Å². The topological polar surface area (TPSA) is 175 Å². The van der Waals surface area contributed by atoms with Gasteiger partial charge < -0.3 is 28.4 Å². The van der Waals surface area contributed by atoms with Gasteiger partial charge in [0.25, 0.3) is 0 Å². The highest BCUT2D eigenvalue weighted by Gasteiger charge is 2.40. The van der Waals surface area contributed by atoms with Crippen molar-refractivity contribution in [1.29, 1.82) is 0 Å². The van der Waals surface area contributed by atoms with E-state index in [2.05, 4.69) is 58.1 Å². The Hall–Kier alpha value is -5.78. The Morgan fingerprint density at radius 1 is 0.612 bits per heavy atom. The van der Waals surface area contributed by atoms with E-state index in [-0.39, 0.29) is 61.6 Å². The SMILES string of the molecule is BrCCCBr.O=C(C[C@@H](c1ccc(O)cc1)c1ccon1)N1C(=O)OC[C@@H]1Cc1ccccc1.O=C(C[C@@H](c1ccc(OCCCBr)cc1)c1ccon1)N1C(=O)OC[C@@H]1Cc1ccccc1. The first-order valence-electron chi connectivity index (χ1n) is 21.7. The molecular weight excluding hydrogens is 1060 g/mol. The predicted molar refractivity (Wildman–Crippen MR) is 261 cm³/mol. The van der Waals surface area contributed by atoms with E-state index < -0.39 is 18.1 Å². The molecule has 1 N–H and O–H groups in total. The zero-order chi connectivity index (χ0) is 47.4. The number of phenolic OH excluding ortho intramolecular Hbond substituents is 1. The highest BCUT2D eigenvalue weighted by molar-refractivity contribution is 9.09. The van der Waals surface area contributed by atoms with Gasteiger partial charge in [-0.15, -0.1) is 0 Å². The molecule has 0 radical (unpaired) electrons. The van der Waals surface area contributed by atoms with Crippen molar-refractivity contribution >= 4 is 71.8 Å². The average Bonchev–Trinajstić information content (AvgIpc) is 4.20. The van der Waals surface area contributed by atoms with Crippen LogP contribution in [0.3, 0.4) is 0 Å². The molecule has 4 atom stereocenters. The lowest BCUT2D eigenvalue weighted by molar-refractivity contribution is -0.130. The van der Waals surface area contributed by atoms with Gasteiger partial charge in [-0.25, -0.2) is 19.4 Å². The standard InChI is InChI=1S/C25H25BrN2O5.C22H20N2O5.C3H6Br2/c26-12-4-13-31-21-9-7-19(8-10-21)22(23-11-14-33-27-23)16-24(29)28-20(17-32-25(28)30)15-18-5-2-1-3-6-18;25-18-8-6-16(7-9-18)19(20-10-11-29-23-20)13-21(26)24-17(14-28-22(24)27)12-15-4-2-1-3-5-15;4-2-1-3-5/h1-3,5-11,14,20,22H,4,12-13,15-17H2;1-11,17,19,25H,12-14H2;1-3H2/t20-,22-;17-,19-;/m00./s1. The molecule has 0 aliphatic carbocycles. The van der Waals surface area contributed by atoms with E-state index in [1.807, 2.05) is 84.9 Å². The highest BCUT2D eigenvalue weighted by atomic mass is 79.9. The van der Waals surface area contributed by atoms with Gasteiger partial charge in [0.1, 0.15) is 37.2 Å². The lowest BCUT2D eigenvalue weighted by Gasteiger charge is -2.22. The monoisotopic (exact) mass is 1100 g/mol. The number of benzene rings is 4. The summed E-state index contributed by atoms with van der Waals surface area (Å²) >= 11 is 9.95. The van der Waals surface area contributed by atoms with E-state index in [9.17, 15) is 24.3 Å². The summed E-state index contributed by atoms with van der Waals surface area (Å²) in [6.07, 6.45) is 5.00. The second kappa shape index (κ2) is 26.5. The molecule has 0 spiro atoms. The van der Waals surface area contributed by atoms with E-state index >= 15 is 0 Å². The van der Waals surface area contributed by atoms with Gasteiger partial charge in [-0.1, -0.05) is 143 Å². The number of aromatic hydroxyl groups is 1. The van der Waals surface area contributed by atoms with Crippen molar-refractivity contribution in [2.75, 3.05) is 35.8 Å². The van der Waals surface area contributed by atoms with Crippen molar-refractivity contribution < 1.29 is 47.5 Å². The smallest absolute Gasteiger partial charge is 0.416 e. The van der Waals surface area contributed by atoms with Gasteiger partial charge in [0.05, 0.1) is 30.1 Å². The molecule has 2 saturated heterocycles. The van der Waals surface area contributed by atoms with Gasteiger partial charge in [-0.2, -0.15) is 0 Å². The third-order valence-corrected chi connectivity index (χ3v) is 12.5. The van der Waals surface area contributed by atoms with Crippen molar-refractivity contribution in [2.24, 2.45) is 0 Å². The van der Waals surface area contributed by atoms with E-state index in [1.54, 1.807) is 36.4 Å². The molecule has 0 bridgehead atoms. The molecule has 2 aromatic heterocycles. The van der Waals surface area contributed by atoms with Crippen LogP contribution < -0.4 is 4.74 Å². The normalized spacial score (nSPS) is 16.2. The predicted octanol–water partition coefficient (Wildman–Crippen LogP) is 10.6. The summed E-state index contributed by atoms with van der Waals surface area (Å²) in [7, 11) is 0. The van der Waals surface area contributed by atoms with Crippen molar-refractivity contribution in [1.82, 2.24) is 20.1 Å². The number of amides is 4. The van der Waals surface area contributed by atoms with Gasteiger partial charge in [0, 0.05) is 52.8 Å². The van der Waals surface area contributed by atoms with Crippen molar-refractivity contribution in [2.45, 2.75) is 62.4 Å².